The monoisotopic (exact) mass is 522 g/mol. The van der Waals surface area contributed by atoms with E-state index in [1.807, 2.05) is 0 Å². The number of allylic oxidation sites excluding steroid dienone is 1. The largest absolute Gasteiger partial charge is 0.0751 e. The van der Waals surface area contributed by atoms with Gasteiger partial charge in [0, 0.05) is 17.3 Å². The van der Waals surface area contributed by atoms with E-state index in [1.165, 1.54) is 55.6 Å². The third-order valence-electron chi connectivity index (χ3n) is 9.28. The third-order valence-corrected chi connectivity index (χ3v) is 9.28. The fraction of sp³-hybridized carbons (Fsp3) is 0.0732. The molecule has 0 saturated carbocycles. The van der Waals surface area contributed by atoms with Gasteiger partial charge in [-0.25, -0.2) is 0 Å². The van der Waals surface area contributed by atoms with Crippen molar-refractivity contribution in [1.29, 1.82) is 0 Å². The summed E-state index contributed by atoms with van der Waals surface area (Å²) in [6.45, 7) is 0. The summed E-state index contributed by atoms with van der Waals surface area (Å²) >= 11 is 0. The summed E-state index contributed by atoms with van der Waals surface area (Å²) in [7, 11) is 0. The van der Waals surface area contributed by atoms with Crippen molar-refractivity contribution >= 4 is 6.08 Å². The number of hydrogen-bond donors (Lipinski definition) is 0. The van der Waals surface area contributed by atoms with Crippen molar-refractivity contribution < 1.29 is 0 Å². The first-order chi connectivity index (χ1) is 20.4. The average molecular weight is 523 g/mol. The molecule has 0 N–H and O–H groups in total. The van der Waals surface area contributed by atoms with Crippen molar-refractivity contribution in [2.24, 2.45) is 0 Å². The fourth-order valence-corrected chi connectivity index (χ4v) is 7.62. The minimum absolute atomic E-state index is 0.134. The van der Waals surface area contributed by atoms with Gasteiger partial charge in [-0.3, -0.25) is 0 Å². The van der Waals surface area contributed by atoms with E-state index in [0.29, 0.717) is 0 Å². The van der Waals surface area contributed by atoms with Gasteiger partial charge in [0.05, 0.1) is 0 Å². The Morgan fingerprint density at radius 2 is 0.927 bits per heavy atom. The van der Waals surface area contributed by atoms with Gasteiger partial charge < -0.3 is 0 Å². The predicted molar refractivity (Wildman–Crippen MR) is 171 cm³/mol. The van der Waals surface area contributed by atoms with Gasteiger partial charge in [0.15, 0.2) is 0 Å². The van der Waals surface area contributed by atoms with Crippen LogP contribution in [0.1, 0.15) is 45.2 Å². The maximum absolute atomic E-state index is 2.48. The fourth-order valence-electron chi connectivity index (χ4n) is 7.62. The minimum atomic E-state index is -0.373. The Bertz CT molecular complexity index is 1790. The smallest absolute Gasteiger partial charge is 0.0415 e. The van der Waals surface area contributed by atoms with Gasteiger partial charge in [0.25, 0.3) is 0 Å². The Morgan fingerprint density at radius 3 is 1.51 bits per heavy atom. The van der Waals surface area contributed by atoms with Crippen molar-refractivity contribution in [1.82, 2.24) is 0 Å². The van der Waals surface area contributed by atoms with E-state index in [0.717, 1.165) is 0 Å². The molecule has 0 heterocycles. The van der Waals surface area contributed by atoms with Crippen LogP contribution in [0.2, 0.25) is 0 Å². The molecule has 0 radical (unpaired) electrons. The zero-order valence-electron chi connectivity index (χ0n) is 22.8. The van der Waals surface area contributed by atoms with Crippen LogP contribution in [0.4, 0.5) is 0 Å². The van der Waals surface area contributed by atoms with E-state index in [-0.39, 0.29) is 17.3 Å². The lowest BCUT2D eigenvalue weighted by Crippen LogP contribution is -2.40. The van der Waals surface area contributed by atoms with Crippen LogP contribution in [0.5, 0.6) is 0 Å². The van der Waals surface area contributed by atoms with Crippen molar-refractivity contribution in [3.05, 3.63) is 197 Å². The first-order valence-electron chi connectivity index (χ1n) is 14.5. The topological polar surface area (TPSA) is 0 Å². The molecule has 1 unspecified atom stereocenters. The van der Waals surface area contributed by atoms with Crippen molar-refractivity contribution in [2.45, 2.75) is 17.3 Å². The SMILES string of the molecule is C1=CC(C(c2ccccc2)(c2ccccc2)C2c3ccccc3-c3ccccc32)c2cc(-c3ccccc3)ccc21. The lowest BCUT2D eigenvalue weighted by Gasteiger charge is -2.46. The van der Waals surface area contributed by atoms with Crippen LogP contribution in [0, 0.1) is 0 Å². The second-order valence-electron chi connectivity index (χ2n) is 11.3. The summed E-state index contributed by atoms with van der Waals surface area (Å²) in [6.07, 6.45) is 4.82. The first-order valence-corrected chi connectivity index (χ1v) is 14.5. The van der Waals surface area contributed by atoms with E-state index in [9.17, 15) is 0 Å². The summed E-state index contributed by atoms with van der Waals surface area (Å²) in [4.78, 5) is 0. The number of hydrogen-bond acceptors (Lipinski definition) is 0. The molecular weight excluding hydrogens is 492 g/mol. The first kappa shape index (κ1) is 23.9. The molecule has 194 valence electrons. The van der Waals surface area contributed by atoms with Gasteiger partial charge in [0.1, 0.15) is 0 Å². The molecular formula is C41H30. The molecule has 0 fully saturated rings. The highest BCUT2D eigenvalue weighted by atomic mass is 14.5. The van der Waals surface area contributed by atoms with Crippen LogP contribution in [-0.2, 0) is 5.41 Å². The molecule has 0 aromatic heterocycles. The third kappa shape index (κ3) is 3.61. The Balaban J connectivity index is 1.47. The zero-order valence-corrected chi connectivity index (χ0v) is 22.8. The lowest BCUT2D eigenvalue weighted by molar-refractivity contribution is 0.417. The van der Waals surface area contributed by atoms with Gasteiger partial charge in [-0.05, 0) is 61.7 Å². The molecule has 1 atom stereocenters. The van der Waals surface area contributed by atoms with Crippen LogP contribution >= 0.6 is 0 Å². The quantitative estimate of drug-likeness (QED) is 0.211. The molecule has 41 heavy (non-hydrogen) atoms. The highest BCUT2D eigenvalue weighted by molar-refractivity contribution is 5.82. The van der Waals surface area contributed by atoms with Gasteiger partial charge in [-0.1, -0.05) is 164 Å². The molecule has 2 aliphatic rings. The molecule has 0 heteroatoms. The highest BCUT2D eigenvalue weighted by Crippen LogP contribution is 2.62. The molecule has 6 aromatic carbocycles. The van der Waals surface area contributed by atoms with Gasteiger partial charge in [-0.2, -0.15) is 0 Å². The molecule has 6 aromatic rings. The molecule has 0 amide bonds. The van der Waals surface area contributed by atoms with Crippen molar-refractivity contribution in [2.75, 3.05) is 0 Å². The number of fused-ring (bicyclic) bond motifs is 4. The van der Waals surface area contributed by atoms with E-state index >= 15 is 0 Å². The summed E-state index contributed by atoms with van der Waals surface area (Å²) in [6, 6.07) is 58.4. The van der Waals surface area contributed by atoms with E-state index in [2.05, 4.69) is 170 Å². The van der Waals surface area contributed by atoms with Crippen LogP contribution in [-0.4, -0.2) is 0 Å². The van der Waals surface area contributed by atoms with Crippen molar-refractivity contribution in [3.8, 4) is 22.3 Å². The van der Waals surface area contributed by atoms with E-state index < -0.39 is 0 Å². The Hall–Kier alpha value is -4.94. The lowest BCUT2D eigenvalue weighted by atomic mass is 9.55. The van der Waals surface area contributed by atoms with Gasteiger partial charge in [0.2, 0.25) is 0 Å². The number of rotatable bonds is 5. The van der Waals surface area contributed by atoms with Crippen LogP contribution in [0.25, 0.3) is 28.3 Å². The van der Waals surface area contributed by atoms with Crippen molar-refractivity contribution in [3.63, 3.8) is 0 Å². The van der Waals surface area contributed by atoms with E-state index in [1.54, 1.807) is 0 Å². The molecule has 0 bridgehead atoms. The summed E-state index contributed by atoms with van der Waals surface area (Å²) in [5.41, 5.74) is 13.0. The molecule has 2 aliphatic carbocycles. The maximum Gasteiger partial charge on any atom is 0.0415 e. The maximum atomic E-state index is 2.48. The second kappa shape index (κ2) is 9.61. The zero-order chi connectivity index (χ0) is 27.2. The minimum Gasteiger partial charge on any atom is -0.0751 e. The Kier molecular flexibility index (Phi) is 5.60. The summed E-state index contributed by atoms with van der Waals surface area (Å²) in [5.74, 6) is 0.274. The van der Waals surface area contributed by atoms with Crippen LogP contribution in [0.15, 0.2) is 164 Å². The molecule has 0 spiro atoms. The van der Waals surface area contributed by atoms with E-state index in [4.69, 9.17) is 0 Å². The van der Waals surface area contributed by atoms with Gasteiger partial charge in [-0.15, -0.1) is 0 Å². The molecule has 0 nitrogen and oxygen atoms in total. The van der Waals surface area contributed by atoms with Crippen LogP contribution < -0.4 is 0 Å². The number of benzene rings is 6. The average Bonchev–Trinajstić information content (AvgIpc) is 3.63. The van der Waals surface area contributed by atoms with Gasteiger partial charge >= 0.3 is 0 Å². The highest BCUT2D eigenvalue weighted by Gasteiger charge is 2.53. The van der Waals surface area contributed by atoms with Crippen LogP contribution in [0.3, 0.4) is 0 Å². The second-order valence-corrected chi connectivity index (χ2v) is 11.3. The predicted octanol–water partition coefficient (Wildman–Crippen LogP) is 10.3. The standard InChI is InChI=1S/C41H30/c1-4-14-29(15-5-1)31-25-24-30-26-27-39(38(30)28-31)41(32-16-6-2-7-17-32,33-18-8-3-9-19-33)40-36-22-12-10-20-34(36)35-21-11-13-23-37(35)40/h1-28,39-40H. The summed E-state index contributed by atoms with van der Waals surface area (Å²) in [5, 5.41) is 0. The Morgan fingerprint density at radius 1 is 0.415 bits per heavy atom. The molecule has 8 rings (SSSR count). The molecule has 0 aliphatic heterocycles. The normalized spacial score (nSPS) is 15.4. The molecule has 0 saturated heterocycles. The Labute approximate surface area is 242 Å². The summed E-state index contributed by atoms with van der Waals surface area (Å²) < 4.78 is 0.